The Labute approximate surface area is 321 Å². The van der Waals surface area contributed by atoms with E-state index < -0.39 is 0 Å². The first-order valence-corrected chi connectivity index (χ1v) is 18.7. The lowest BCUT2D eigenvalue weighted by atomic mass is 9.98. The van der Waals surface area contributed by atoms with Gasteiger partial charge < -0.3 is 45.4 Å². The average molecular weight is 756 g/mol. The van der Waals surface area contributed by atoms with Crippen LogP contribution in [0.3, 0.4) is 0 Å². The van der Waals surface area contributed by atoms with Crippen molar-refractivity contribution < 1.29 is 23.9 Å². The molecule has 16 nitrogen and oxygen atoms in total. The molecule has 0 aliphatic carbocycles. The first kappa shape index (κ1) is 40.4. The molecule has 6 heterocycles. The number of anilines is 2. The van der Waals surface area contributed by atoms with E-state index in [9.17, 15) is 19.2 Å². The van der Waals surface area contributed by atoms with Gasteiger partial charge in [-0.15, -0.1) is 0 Å². The van der Waals surface area contributed by atoms with E-state index in [-0.39, 0.29) is 47.8 Å². The van der Waals surface area contributed by atoms with E-state index in [2.05, 4.69) is 54.4 Å². The molecule has 0 radical (unpaired) electrons. The summed E-state index contributed by atoms with van der Waals surface area (Å²) >= 11 is 0. The van der Waals surface area contributed by atoms with E-state index in [4.69, 9.17) is 4.74 Å². The lowest BCUT2D eigenvalue weighted by molar-refractivity contribution is -0.129. The summed E-state index contributed by atoms with van der Waals surface area (Å²) in [6, 6.07) is 2.42. The van der Waals surface area contributed by atoms with Gasteiger partial charge in [0.15, 0.2) is 5.65 Å². The number of aryl methyl sites for hydroxylation is 1. The first-order chi connectivity index (χ1) is 26.5. The number of likely N-dealkylation sites (tertiary alicyclic amines) is 2. The molecule has 3 atom stereocenters. The van der Waals surface area contributed by atoms with E-state index in [1.807, 2.05) is 54.4 Å². The molecule has 294 valence electrons. The Bertz CT molecular complexity index is 2020. The standard InChI is InChI=1S/C20H28N6O3.C19H25N5O2/c1-5-17(27)26-7-6-14(8-13(26)3)24-16-10-22-19-18(25-16)15(9-21-19)20(28)23-12(2)11-29-4;1-4-17(25)24-8-6-13(7-9-24)22-14-10-15-16(19(26)20-5-2)12-23(3)18(15)21-11-14/h5,9-10,12-14H,1,6-8,11H2,2-4H3,(H,21,22)(H,23,28)(H,24,25);4,10-13,22H,1,5-9H2,2-3H3,(H,20,26)/t12?,13-,14-;/m0./s1. The van der Waals surface area contributed by atoms with Gasteiger partial charge in [0.05, 0.1) is 35.8 Å². The van der Waals surface area contributed by atoms with Gasteiger partial charge in [-0.25, -0.2) is 15.0 Å². The average Bonchev–Trinajstić information content (AvgIpc) is 3.75. The molecule has 2 aliphatic heterocycles. The van der Waals surface area contributed by atoms with E-state index in [1.165, 1.54) is 12.2 Å². The zero-order valence-corrected chi connectivity index (χ0v) is 32.4. The fraction of sp³-hybridized carbons (Fsp3) is 0.462. The molecule has 0 saturated carbocycles. The number of nitrogens with one attached hydrogen (secondary N) is 5. The number of pyridine rings is 1. The molecule has 6 rings (SSSR count). The number of piperidine rings is 2. The molecule has 4 aromatic heterocycles. The lowest BCUT2D eigenvalue weighted by Crippen LogP contribution is -2.47. The van der Waals surface area contributed by atoms with Crippen LogP contribution in [0.4, 0.5) is 11.5 Å². The van der Waals surface area contributed by atoms with Gasteiger partial charge in [-0.1, -0.05) is 13.2 Å². The van der Waals surface area contributed by atoms with Gasteiger partial charge in [-0.3, -0.25) is 19.2 Å². The molecule has 2 aliphatic rings. The largest absolute Gasteiger partial charge is 0.383 e. The summed E-state index contributed by atoms with van der Waals surface area (Å²) in [5, 5.41) is 13.4. The monoisotopic (exact) mass is 755 g/mol. The minimum Gasteiger partial charge on any atom is -0.383 e. The van der Waals surface area contributed by atoms with Crippen molar-refractivity contribution in [1.29, 1.82) is 0 Å². The topological polar surface area (TPSA) is 191 Å². The van der Waals surface area contributed by atoms with Crippen LogP contribution < -0.4 is 21.3 Å². The fourth-order valence-corrected chi connectivity index (χ4v) is 7.07. The van der Waals surface area contributed by atoms with Crippen molar-refractivity contribution in [3.05, 3.63) is 67.3 Å². The SMILES string of the molecule is C=CC(=O)N1CCC(Nc2cnc3c(c2)c(C(=O)NCC)cn3C)CC1.C=CC(=O)N1CC[C@H](Nc2cnc3[nH]cc(C(=O)NC(C)COC)c3n2)C[C@@H]1C. The van der Waals surface area contributed by atoms with Gasteiger partial charge >= 0.3 is 0 Å². The zero-order chi connectivity index (χ0) is 39.6. The molecule has 2 fully saturated rings. The van der Waals surface area contributed by atoms with Gasteiger partial charge in [0.2, 0.25) is 11.8 Å². The van der Waals surface area contributed by atoms with E-state index in [1.54, 1.807) is 25.7 Å². The fourth-order valence-electron chi connectivity index (χ4n) is 7.07. The molecule has 4 amide bonds. The highest BCUT2D eigenvalue weighted by Gasteiger charge is 2.28. The van der Waals surface area contributed by atoms with Crippen molar-refractivity contribution in [3.63, 3.8) is 0 Å². The zero-order valence-electron chi connectivity index (χ0n) is 32.4. The van der Waals surface area contributed by atoms with Crippen molar-refractivity contribution in [1.82, 2.24) is 44.9 Å². The second-order valence-electron chi connectivity index (χ2n) is 14.0. The molecule has 16 heteroatoms. The Morgan fingerprint density at radius 3 is 2.40 bits per heavy atom. The Morgan fingerprint density at radius 1 is 1.00 bits per heavy atom. The van der Waals surface area contributed by atoms with Crippen molar-refractivity contribution >= 4 is 57.3 Å². The predicted octanol–water partition coefficient (Wildman–Crippen LogP) is 3.61. The molecular formula is C39H53N11O5. The third-order valence-electron chi connectivity index (χ3n) is 9.85. The maximum absolute atomic E-state index is 12.6. The number of hydrogen-bond donors (Lipinski definition) is 5. The number of carbonyl (C=O) groups is 4. The maximum atomic E-state index is 12.6. The molecule has 0 spiro atoms. The van der Waals surface area contributed by atoms with Crippen LogP contribution in [-0.4, -0.2) is 122 Å². The Balaban J connectivity index is 0.000000212. The number of hydrogen-bond acceptors (Lipinski definition) is 10. The highest BCUT2D eigenvalue weighted by molar-refractivity contribution is 6.07. The quantitative estimate of drug-likeness (QED) is 0.134. The predicted molar refractivity (Wildman–Crippen MR) is 213 cm³/mol. The number of amides is 4. The third-order valence-corrected chi connectivity index (χ3v) is 9.85. The number of methoxy groups -OCH3 is 1. The molecule has 0 aromatic carbocycles. The highest BCUT2D eigenvalue weighted by Crippen LogP contribution is 2.25. The van der Waals surface area contributed by atoms with E-state index in [0.29, 0.717) is 60.9 Å². The summed E-state index contributed by atoms with van der Waals surface area (Å²) < 4.78 is 6.92. The number of fused-ring (bicyclic) bond motifs is 2. The number of rotatable bonds is 12. The van der Waals surface area contributed by atoms with Crippen LogP contribution in [0.2, 0.25) is 0 Å². The van der Waals surface area contributed by atoms with Crippen LogP contribution in [0.25, 0.3) is 22.2 Å². The minimum atomic E-state index is -0.225. The summed E-state index contributed by atoms with van der Waals surface area (Å²) in [6.45, 7) is 16.0. The van der Waals surface area contributed by atoms with Crippen LogP contribution in [0.5, 0.6) is 0 Å². The number of nitrogens with zero attached hydrogens (tertiary/aromatic N) is 6. The van der Waals surface area contributed by atoms with Crippen LogP contribution in [0, 0.1) is 0 Å². The summed E-state index contributed by atoms with van der Waals surface area (Å²) in [5.41, 5.74) is 3.82. The van der Waals surface area contributed by atoms with Gasteiger partial charge in [-0.2, -0.15) is 0 Å². The van der Waals surface area contributed by atoms with Crippen LogP contribution in [-0.2, 0) is 21.4 Å². The van der Waals surface area contributed by atoms with Crippen molar-refractivity contribution in [2.24, 2.45) is 7.05 Å². The van der Waals surface area contributed by atoms with Crippen LogP contribution in [0.15, 0.2) is 56.2 Å². The minimum absolute atomic E-state index is 0.0117. The molecule has 0 bridgehead atoms. The van der Waals surface area contributed by atoms with E-state index >= 15 is 0 Å². The van der Waals surface area contributed by atoms with Crippen molar-refractivity contribution in [2.75, 3.05) is 50.5 Å². The first-order valence-electron chi connectivity index (χ1n) is 18.7. The van der Waals surface area contributed by atoms with Crippen molar-refractivity contribution in [2.45, 2.75) is 70.6 Å². The summed E-state index contributed by atoms with van der Waals surface area (Å²) in [6.07, 6.45) is 12.9. The van der Waals surface area contributed by atoms with Crippen LogP contribution in [0.1, 0.15) is 67.2 Å². The maximum Gasteiger partial charge on any atom is 0.255 e. The lowest BCUT2D eigenvalue weighted by Gasteiger charge is -2.37. The number of aromatic nitrogens is 5. The Hall–Kier alpha value is -5.77. The van der Waals surface area contributed by atoms with Gasteiger partial charge in [0.1, 0.15) is 17.0 Å². The van der Waals surface area contributed by atoms with Gasteiger partial charge in [-0.05, 0) is 64.7 Å². The second-order valence-corrected chi connectivity index (χ2v) is 14.0. The molecule has 1 unspecified atom stereocenters. The summed E-state index contributed by atoms with van der Waals surface area (Å²) in [7, 11) is 3.48. The van der Waals surface area contributed by atoms with Gasteiger partial charge in [0.25, 0.3) is 11.8 Å². The smallest absolute Gasteiger partial charge is 0.255 e. The molecule has 4 aromatic rings. The number of aromatic amines is 1. The number of H-pyrrole nitrogens is 1. The van der Waals surface area contributed by atoms with Gasteiger partial charge in [0, 0.05) is 82.3 Å². The highest BCUT2D eigenvalue weighted by atomic mass is 16.5. The normalized spacial score (nSPS) is 17.8. The molecular weight excluding hydrogens is 703 g/mol. The number of carbonyl (C=O) groups excluding carboxylic acids is 4. The Morgan fingerprint density at radius 2 is 1.73 bits per heavy atom. The molecule has 55 heavy (non-hydrogen) atoms. The third kappa shape index (κ3) is 9.86. The number of ether oxygens (including phenoxy) is 1. The van der Waals surface area contributed by atoms with Crippen molar-refractivity contribution in [3.8, 4) is 0 Å². The second kappa shape index (κ2) is 18.5. The molecule has 5 N–H and O–H groups in total. The molecule has 2 saturated heterocycles. The van der Waals surface area contributed by atoms with Crippen LogP contribution >= 0.6 is 0 Å². The Kier molecular flexibility index (Phi) is 13.6. The summed E-state index contributed by atoms with van der Waals surface area (Å²) in [4.78, 5) is 68.5. The van der Waals surface area contributed by atoms with E-state index in [0.717, 1.165) is 42.4 Å². The summed E-state index contributed by atoms with van der Waals surface area (Å²) in [5.74, 6) is 0.243.